The SMILES string of the molecule is C=C(C)C(=O)OCC(CO)(CO)COC(=O)CCCCCCC/C=C\CCCCCCCC. The Morgan fingerprint density at radius 2 is 1.27 bits per heavy atom. The van der Waals surface area contributed by atoms with E-state index in [1.807, 2.05) is 0 Å². The fraction of sp³-hybridized carbons (Fsp3) is 0.778. The number of aliphatic hydroxyl groups is 2. The predicted molar refractivity (Wildman–Crippen MR) is 133 cm³/mol. The van der Waals surface area contributed by atoms with Gasteiger partial charge in [0.1, 0.15) is 13.2 Å². The summed E-state index contributed by atoms with van der Waals surface area (Å²) in [7, 11) is 0. The molecule has 0 amide bonds. The van der Waals surface area contributed by atoms with Gasteiger partial charge in [0.05, 0.1) is 18.6 Å². The van der Waals surface area contributed by atoms with Crippen molar-refractivity contribution < 1.29 is 29.3 Å². The van der Waals surface area contributed by atoms with Crippen molar-refractivity contribution in [2.75, 3.05) is 26.4 Å². The topological polar surface area (TPSA) is 93.1 Å². The van der Waals surface area contributed by atoms with Crippen molar-refractivity contribution in [1.29, 1.82) is 0 Å². The Morgan fingerprint density at radius 3 is 1.79 bits per heavy atom. The van der Waals surface area contributed by atoms with Crippen LogP contribution in [0.15, 0.2) is 24.3 Å². The summed E-state index contributed by atoms with van der Waals surface area (Å²) in [5.74, 6) is -0.981. The molecule has 6 heteroatoms. The average Bonchev–Trinajstić information content (AvgIpc) is 2.81. The molecule has 0 spiro atoms. The minimum atomic E-state index is -1.21. The number of esters is 2. The maximum atomic E-state index is 12.0. The molecule has 0 aromatic heterocycles. The number of aliphatic hydroxyl groups excluding tert-OH is 2. The molecule has 0 aromatic carbocycles. The lowest BCUT2D eigenvalue weighted by Crippen LogP contribution is -2.41. The molecule has 0 aliphatic carbocycles. The number of ether oxygens (including phenoxy) is 2. The molecule has 0 fully saturated rings. The Hall–Kier alpha value is -1.66. The molecule has 0 saturated carbocycles. The second-order valence-electron chi connectivity index (χ2n) is 9.17. The summed E-state index contributed by atoms with van der Waals surface area (Å²) in [6, 6.07) is 0. The second-order valence-corrected chi connectivity index (χ2v) is 9.17. The first-order valence-corrected chi connectivity index (χ1v) is 12.8. The standard InChI is InChI=1S/C27H48O6/c1-4-5-6-7-8-9-10-11-12-13-14-15-16-17-18-19-25(30)32-22-27(20-28,21-29)23-33-26(31)24(2)3/h11-12,28-29H,2,4-10,13-23H2,1,3H3/b12-11-. The highest BCUT2D eigenvalue weighted by molar-refractivity contribution is 5.86. The quantitative estimate of drug-likeness (QED) is 0.0922. The fourth-order valence-electron chi connectivity index (χ4n) is 3.26. The van der Waals surface area contributed by atoms with Gasteiger partial charge in [-0.05, 0) is 39.0 Å². The maximum absolute atomic E-state index is 12.0. The zero-order valence-corrected chi connectivity index (χ0v) is 21.1. The maximum Gasteiger partial charge on any atom is 0.333 e. The normalized spacial score (nSPS) is 11.6. The molecule has 0 aliphatic heterocycles. The second kappa shape index (κ2) is 20.9. The summed E-state index contributed by atoms with van der Waals surface area (Å²) in [6.45, 7) is 5.87. The smallest absolute Gasteiger partial charge is 0.333 e. The van der Waals surface area contributed by atoms with Crippen molar-refractivity contribution >= 4 is 11.9 Å². The number of hydrogen-bond donors (Lipinski definition) is 2. The number of unbranched alkanes of at least 4 members (excludes halogenated alkanes) is 11. The van der Waals surface area contributed by atoms with Crippen molar-refractivity contribution in [1.82, 2.24) is 0 Å². The van der Waals surface area contributed by atoms with Crippen LogP contribution in [0.3, 0.4) is 0 Å². The van der Waals surface area contributed by atoms with Crippen LogP contribution < -0.4 is 0 Å². The average molecular weight is 469 g/mol. The molecule has 6 nitrogen and oxygen atoms in total. The molecule has 0 bridgehead atoms. The lowest BCUT2D eigenvalue weighted by Gasteiger charge is -2.28. The summed E-state index contributed by atoms with van der Waals surface area (Å²) in [6.07, 6.45) is 20.4. The highest BCUT2D eigenvalue weighted by atomic mass is 16.5. The minimum Gasteiger partial charge on any atom is -0.465 e. The molecule has 0 saturated heterocycles. The highest BCUT2D eigenvalue weighted by Gasteiger charge is 2.33. The molecule has 0 atom stereocenters. The van der Waals surface area contributed by atoms with Gasteiger partial charge in [-0.15, -0.1) is 0 Å². The highest BCUT2D eigenvalue weighted by Crippen LogP contribution is 2.19. The molecular weight excluding hydrogens is 420 g/mol. The largest absolute Gasteiger partial charge is 0.465 e. The van der Waals surface area contributed by atoms with Crippen molar-refractivity contribution in [3.8, 4) is 0 Å². The van der Waals surface area contributed by atoms with Gasteiger partial charge >= 0.3 is 11.9 Å². The van der Waals surface area contributed by atoms with Crippen LogP contribution in [0.1, 0.15) is 104 Å². The van der Waals surface area contributed by atoms with E-state index in [-0.39, 0.29) is 24.8 Å². The summed E-state index contributed by atoms with van der Waals surface area (Å²) in [5.41, 5.74) is -0.982. The van der Waals surface area contributed by atoms with Crippen LogP contribution in [0, 0.1) is 5.41 Å². The van der Waals surface area contributed by atoms with Crippen LogP contribution >= 0.6 is 0 Å². The van der Waals surface area contributed by atoms with E-state index in [1.54, 1.807) is 0 Å². The zero-order valence-electron chi connectivity index (χ0n) is 21.1. The van der Waals surface area contributed by atoms with Gasteiger partial charge in [-0.1, -0.05) is 77.0 Å². The van der Waals surface area contributed by atoms with Gasteiger partial charge in [-0.2, -0.15) is 0 Å². The number of carbonyl (C=O) groups excluding carboxylic acids is 2. The first-order valence-electron chi connectivity index (χ1n) is 12.8. The van der Waals surface area contributed by atoms with Crippen LogP contribution in [0.2, 0.25) is 0 Å². The lowest BCUT2D eigenvalue weighted by molar-refractivity contribution is -0.157. The van der Waals surface area contributed by atoms with Crippen LogP contribution in [-0.4, -0.2) is 48.6 Å². The Bertz CT molecular complexity index is 551. The third-order valence-electron chi connectivity index (χ3n) is 5.71. The number of rotatable bonds is 22. The lowest BCUT2D eigenvalue weighted by atomic mass is 9.92. The van der Waals surface area contributed by atoms with Crippen LogP contribution in [0.5, 0.6) is 0 Å². The number of carbonyl (C=O) groups is 2. The van der Waals surface area contributed by atoms with Crippen molar-refractivity contribution in [2.45, 2.75) is 104 Å². The molecule has 0 rings (SSSR count). The van der Waals surface area contributed by atoms with Crippen LogP contribution in [0.4, 0.5) is 0 Å². The number of hydrogen-bond acceptors (Lipinski definition) is 6. The van der Waals surface area contributed by atoms with Crippen LogP contribution in [-0.2, 0) is 19.1 Å². The molecule has 0 radical (unpaired) electrons. The van der Waals surface area contributed by atoms with Gasteiger partial charge in [0.25, 0.3) is 0 Å². The third kappa shape index (κ3) is 17.5. The summed E-state index contributed by atoms with van der Waals surface area (Å²) >= 11 is 0. The Balaban J connectivity index is 3.77. The Kier molecular flexibility index (Phi) is 19.9. The van der Waals surface area contributed by atoms with Crippen molar-refractivity contribution in [2.24, 2.45) is 5.41 Å². The summed E-state index contributed by atoms with van der Waals surface area (Å²) in [4.78, 5) is 23.5. The van der Waals surface area contributed by atoms with E-state index in [0.29, 0.717) is 6.42 Å². The summed E-state index contributed by atoms with van der Waals surface area (Å²) in [5, 5.41) is 19.2. The third-order valence-corrected chi connectivity index (χ3v) is 5.71. The molecular formula is C27H48O6. The number of allylic oxidation sites excluding steroid dienone is 2. The van der Waals surface area contributed by atoms with E-state index >= 15 is 0 Å². The molecule has 192 valence electrons. The van der Waals surface area contributed by atoms with Crippen LogP contribution in [0.25, 0.3) is 0 Å². The Morgan fingerprint density at radius 1 is 0.788 bits per heavy atom. The molecule has 0 aromatic rings. The van der Waals surface area contributed by atoms with Crippen molar-refractivity contribution in [3.05, 3.63) is 24.3 Å². The summed E-state index contributed by atoms with van der Waals surface area (Å²) < 4.78 is 10.2. The molecule has 0 heterocycles. The first-order chi connectivity index (χ1) is 15.9. The van der Waals surface area contributed by atoms with Crippen molar-refractivity contribution in [3.63, 3.8) is 0 Å². The molecule has 2 N–H and O–H groups in total. The predicted octanol–water partition coefficient (Wildman–Crippen LogP) is 5.66. The van der Waals surface area contributed by atoms with E-state index in [1.165, 1.54) is 58.3 Å². The fourth-order valence-corrected chi connectivity index (χ4v) is 3.26. The van der Waals surface area contributed by atoms with Gasteiger partial charge in [0.2, 0.25) is 0 Å². The van der Waals surface area contributed by atoms with E-state index in [9.17, 15) is 19.8 Å². The van der Waals surface area contributed by atoms with Gasteiger partial charge in [0, 0.05) is 12.0 Å². The minimum absolute atomic E-state index is 0.201. The van der Waals surface area contributed by atoms with Gasteiger partial charge in [-0.25, -0.2) is 4.79 Å². The van der Waals surface area contributed by atoms with Gasteiger partial charge in [-0.3, -0.25) is 4.79 Å². The molecule has 33 heavy (non-hydrogen) atoms. The molecule has 0 aliphatic rings. The van der Waals surface area contributed by atoms with Gasteiger partial charge in [0.15, 0.2) is 0 Å². The van der Waals surface area contributed by atoms with E-state index in [4.69, 9.17) is 9.47 Å². The monoisotopic (exact) mass is 468 g/mol. The zero-order chi connectivity index (χ0) is 24.8. The van der Waals surface area contributed by atoms with E-state index < -0.39 is 24.6 Å². The molecule has 0 unspecified atom stereocenters. The Labute approximate surface area is 201 Å². The van der Waals surface area contributed by atoms with E-state index in [0.717, 1.165) is 32.1 Å². The van der Waals surface area contributed by atoms with Gasteiger partial charge < -0.3 is 19.7 Å². The first kappa shape index (κ1) is 31.3. The van der Waals surface area contributed by atoms with E-state index in [2.05, 4.69) is 25.7 Å².